The van der Waals surface area contributed by atoms with Gasteiger partial charge in [0, 0.05) is 36.1 Å². The lowest BCUT2D eigenvalue weighted by atomic mass is 10.4. The van der Waals surface area contributed by atoms with Gasteiger partial charge in [0.05, 0.1) is 0 Å². The van der Waals surface area contributed by atoms with Crippen LogP contribution in [0.2, 0.25) is 0 Å². The fraction of sp³-hybridized carbons (Fsp3) is 0.273. The topological polar surface area (TPSA) is 37.8 Å². The van der Waals surface area contributed by atoms with Gasteiger partial charge in [0.2, 0.25) is 0 Å². The number of nitrogens with one attached hydrogen (secondary N) is 1. The Balaban J connectivity index is 1.59. The molecule has 0 bridgehead atoms. The van der Waals surface area contributed by atoms with Crippen molar-refractivity contribution in [3.63, 3.8) is 0 Å². The van der Waals surface area contributed by atoms with Gasteiger partial charge < -0.3 is 5.32 Å². The molecule has 0 saturated heterocycles. The van der Waals surface area contributed by atoms with E-state index in [1.165, 1.54) is 4.88 Å². The molecule has 0 aliphatic heterocycles. The van der Waals surface area contributed by atoms with E-state index in [9.17, 15) is 0 Å². The van der Waals surface area contributed by atoms with E-state index in [2.05, 4.69) is 32.8 Å². The van der Waals surface area contributed by atoms with Crippen molar-refractivity contribution < 1.29 is 0 Å². The number of hydrogen-bond donors (Lipinski definition) is 1. The molecule has 2 aromatic heterocycles. The van der Waals surface area contributed by atoms with Crippen LogP contribution in [0, 0.1) is 0 Å². The Morgan fingerprint density at radius 1 is 1.25 bits per heavy atom. The first kappa shape index (κ1) is 11.6. The van der Waals surface area contributed by atoms with E-state index < -0.39 is 0 Å². The van der Waals surface area contributed by atoms with E-state index in [0.29, 0.717) is 0 Å². The lowest BCUT2D eigenvalue weighted by molar-refractivity contribution is 0.740. The molecular weight excluding hydrogens is 238 g/mol. The van der Waals surface area contributed by atoms with Gasteiger partial charge in [0.1, 0.15) is 0 Å². The predicted octanol–water partition coefficient (Wildman–Crippen LogP) is 2.42. The summed E-state index contributed by atoms with van der Waals surface area (Å²) in [6.07, 6.45) is 3.54. The first-order valence-corrected chi connectivity index (χ1v) is 6.94. The van der Waals surface area contributed by atoms with E-state index in [1.807, 2.05) is 6.07 Å². The number of nitrogens with zero attached hydrogens (tertiary/aromatic N) is 2. The number of hydrogen-bond acceptors (Lipinski definition) is 5. The molecule has 0 radical (unpaired) electrons. The first-order chi connectivity index (χ1) is 7.95. The Labute approximate surface area is 103 Å². The van der Waals surface area contributed by atoms with Crippen molar-refractivity contribution in [2.45, 2.75) is 11.7 Å². The zero-order valence-electron chi connectivity index (χ0n) is 8.80. The Kier molecular flexibility index (Phi) is 4.79. The van der Waals surface area contributed by atoms with Crippen molar-refractivity contribution in [1.82, 2.24) is 15.3 Å². The number of aromatic nitrogens is 2. The Morgan fingerprint density at radius 2 is 2.12 bits per heavy atom. The maximum absolute atomic E-state index is 4.15. The van der Waals surface area contributed by atoms with Crippen LogP contribution in [0.1, 0.15) is 4.88 Å². The highest BCUT2D eigenvalue weighted by Gasteiger charge is 1.96. The Hall–Kier alpha value is -0.910. The molecule has 0 fully saturated rings. The third kappa shape index (κ3) is 3.92. The van der Waals surface area contributed by atoms with Crippen molar-refractivity contribution in [1.29, 1.82) is 0 Å². The summed E-state index contributed by atoms with van der Waals surface area (Å²) in [5.41, 5.74) is 0. The molecule has 0 atom stereocenters. The van der Waals surface area contributed by atoms with Gasteiger partial charge in [-0.2, -0.15) is 0 Å². The lowest BCUT2D eigenvalue weighted by Crippen LogP contribution is -2.15. The molecule has 2 heterocycles. The summed E-state index contributed by atoms with van der Waals surface area (Å²) in [5.74, 6) is 0.995. The van der Waals surface area contributed by atoms with Crippen LogP contribution in [0.5, 0.6) is 0 Å². The number of thiophene rings is 1. The maximum atomic E-state index is 4.15. The summed E-state index contributed by atoms with van der Waals surface area (Å²) < 4.78 is 0. The van der Waals surface area contributed by atoms with E-state index >= 15 is 0 Å². The molecule has 0 amide bonds. The Bertz CT molecular complexity index is 389. The molecule has 0 aliphatic carbocycles. The van der Waals surface area contributed by atoms with Crippen molar-refractivity contribution in [3.05, 3.63) is 40.8 Å². The van der Waals surface area contributed by atoms with Gasteiger partial charge in [0.15, 0.2) is 5.16 Å². The maximum Gasteiger partial charge on any atom is 0.187 e. The standard InChI is InChI=1S/C11H13N3S2/c1-3-10(15-7-1)9-12-6-8-16-11-13-4-2-5-14-11/h1-5,7,12H,6,8-9H2. The third-order valence-corrected chi connectivity index (χ3v) is 3.69. The molecule has 2 rings (SSSR count). The molecule has 2 aromatic rings. The van der Waals surface area contributed by atoms with Crippen molar-refractivity contribution in [2.24, 2.45) is 0 Å². The van der Waals surface area contributed by atoms with E-state index in [-0.39, 0.29) is 0 Å². The average molecular weight is 251 g/mol. The SMILES string of the molecule is c1cnc(SCCNCc2cccs2)nc1. The van der Waals surface area contributed by atoms with Crippen LogP contribution < -0.4 is 5.32 Å². The Morgan fingerprint density at radius 3 is 2.88 bits per heavy atom. The molecule has 0 spiro atoms. The van der Waals surface area contributed by atoms with Gasteiger partial charge in [-0.15, -0.1) is 11.3 Å². The van der Waals surface area contributed by atoms with Gasteiger partial charge in [0.25, 0.3) is 0 Å². The largest absolute Gasteiger partial charge is 0.311 e. The van der Waals surface area contributed by atoms with Crippen LogP contribution >= 0.6 is 23.1 Å². The summed E-state index contributed by atoms with van der Waals surface area (Å²) in [6.45, 7) is 1.93. The predicted molar refractivity (Wildman–Crippen MR) is 68.8 cm³/mol. The fourth-order valence-electron chi connectivity index (χ4n) is 1.20. The van der Waals surface area contributed by atoms with Gasteiger partial charge in [-0.05, 0) is 17.5 Å². The van der Waals surface area contributed by atoms with Crippen molar-refractivity contribution in [2.75, 3.05) is 12.3 Å². The van der Waals surface area contributed by atoms with Crippen LogP contribution in [0.4, 0.5) is 0 Å². The van der Waals surface area contributed by atoms with E-state index in [1.54, 1.807) is 35.5 Å². The molecule has 5 heteroatoms. The molecule has 0 aliphatic rings. The molecule has 84 valence electrons. The van der Waals surface area contributed by atoms with E-state index in [0.717, 1.165) is 24.0 Å². The number of thioether (sulfide) groups is 1. The minimum Gasteiger partial charge on any atom is -0.311 e. The first-order valence-electron chi connectivity index (χ1n) is 5.08. The van der Waals surface area contributed by atoms with Crippen LogP contribution in [0.25, 0.3) is 0 Å². The molecule has 0 aromatic carbocycles. The van der Waals surface area contributed by atoms with Crippen LogP contribution in [0.3, 0.4) is 0 Å². The minimum atomic E-state index is 0.848. The summed E-state index contributed by atoms with van der Waals surface area (Å²) >= 11 is 3.46. The third-order valence-electron chi connectivity index (χ3n) is 1.93. The monoisotopic (exact) mass is 251 g/mol. The molecule has 16 heavy (non-hydrogen) atoms. The summed E-state index contributed by atoms with van der Waals surface area (Å²) in [7, 11) is 0. The van der Waals surface area contributed by atoms with Crippen molar-refractivity contribution in [3.8, 4) is 0 Å². The molecular formula is C11H13N3S2. The molecule has 0 unspecified atom stereocenters. The zero-order chi connectivity index (χ0) is 11.1. The van der Waals surface area contributed by atoms with E-state index in [4.69, 9.17) is 0 Å². The normalized spacial score (nSPS) is 10.5. The zero-order valence-corrected chi connectivity index (χ0v) is 10.4. The molecule has 1 N–H and O–H groups in total. The smallest absolute Gasteiger partial charge is 0.187 e. The average Bonchev–Trinajstić information content (AvgIpc) is 2.83. The quantitative estimate of drug-likeness (QED) is 0.486. The highest BCUT2D eigenvalue weighted by Crippen LogP contribution is 2.10. The van der Waals surface area contributed by atoms with Crippen LogP contribution in [-0.2, 0) is 6.54 Å². The van der Waals surface area contributed by atoms with Gasteiger partial charge >= 0.3 is 0 Å². The highest BCUT2D eigenvalue weighted by molar-refractivity contribution is 7.99. The van der Waals surface area contributed by atoms with Gasteiger partial charge in [-0.25, -0.2) is 9.97 Å². The van der Waals surface area contributed by atoms with Gasteiger partial charge in [-0.1, -0.05) is 17.8 Å². The number of rotatable bonds is 6. The van der Waals surface area contributed by atoms with Crippen LogP contribution in [-0.4, -0.2) is 22.3 Å². The minimum absolute atomic E-state index is 0.848. The molecule has 3 nitrogen and oxygen atoms in total. The fourth-order valence-corrected chi connectivity index (χ4v) is 2.57. The van der Waals surface area contributed by atoms with Crippen LogP contribution in [0.15, 0.2) is 41.1 Å². The molecule has 0 saturated carbocycles. The second kappa shape index (κ2) is 6.62. The second-order valence-corrected chi connectivity index (χ2v) is 5.23. The summed E-state index contributed by atoms with van der Waals surface area (Å²) in [5, 5.41) is 6.34. The highest BCUT2D eigenvalue weighted by atomic mass is 32.2. The van der Waals surface area contributed by atoms with Crippen molar-refractivity contribution >= 4 is 23.1 Å². The summed E-state index contributed by atoms with van der Waals surface area (Å²) in [4.78, 5) is 9.68. The lowest BCUT2D eigenvalue weighted by Gasteiger charge is -2.01. The second-order valence-electron chi connectivity index (χ2n) is 3.14. The van der Waals surface area contributed by atoms with Gasteiger partial charge in [-0.3, -0.25) is 0 Å². The summed E-state index contributed by atoms with van der Waals surface area (Å²) in [6, 6.07) is 6.05.